The molecule has 0 aliphatic heterocycles. The van der Waals surface area contributed by atoms with Crippen molar-refractivity contribution in [1.29, 1.82) is 0 Å². The van der Waals surface area contributed by atoms with Crippen molar-refractivity contribution in [3.05, 3.63) is 71.1 Å². The van der Waals surface area contributed by atoms with Crippen molar-refractivity contribution in [3.63, 3.8) is 0 Å². The van der Waals surface area contributed by atoms with E-state index < -0.39 is 17.5 Å². The molecule has 0 aliphatic rings. The average molecular weight is 390 g/mol. The summed E-state index contributed by atoms with van der Waals surface area (Å²) in [6, 6.07) is 9.21. The first-order valence-electron chi connectivity index (χ1n) is 7.79. The van der Waals surface area contributed by atoms with Gasteiger partial charge in [0.15, 0.2) is 17.2 Å². The molecule has 27 heavy (non-hydrogen) atoms. The fraction of sp³-hybridized carbons (Fsp3) is 0. The van der Waals surface area contributed by atoms with Crippen molar-refractivity contribution in [3.8, 4) is 11.3 Å². The highest BCUT2D eigenvalue weighted by Gasteiger charge is 2.21. The standard InChI is InChI=1S/C19H11ClF3N3O/c20-11-2-1-3-13(22)15(11)17-18-10(6-7-25-17)16(19(24)27-18)26-9-4-5-12(21)14(23)8-9/h1-8,26H,24H2. The predicted molar refractivity (Wildman–Crippen MR) is 98.5 cm³/mol. The minimum atomic E-state index is -1.01. The van der Waals surface area contributed by atoms with Crippen molar-refractivity contribution in [1.82, 2.24) is 4.98 Å². The summed E-state index contributed by atoms with van der Waals surface area (Å²) in [5.41, 5.74) is 7.01. The fourth-order valence-electron chi connectivity index (χ4n) is 2.79. The largest absolute Gasteiger partial charge is 0.436 e. The van der Waals surface area contributed by atoms with Gasteiger partial charge >= 0.3 is 0 Å². The first-order valence-corrected chi connectivity index (χ1v) is 8.17. The Morgan fingerprint density at radius 1 is 1.00 bits per heavy atom. The van der Waals surface area contributed by atoms with E-state index >= 15 is 0 Å². The molecule has 0 atom stereocenters. The monoisotopic (exact) mass is 389 g/mol. The number of aromatic nitrogens is 1. The predicted octanol–water partition coefficient (Wildman–Crippen LogP) is 5.89. The van der Waals surface area contributed by atoms with Gasteiger partial charge in [-0.25, -0.2) is 13.2 Å². The first kappa shape index (κ1) is 17.2. The summed E-state index contributed by atoms with van der Waals surface area (Å²) in [5, 5.41) is 3.55. The molecule has 0 saturated carbocycles. The molecule has 136 valence electrons. The molecule has 8 heteroatoms. The molecule has 4 rings (SSSR count). The van der Waals surface area contributed by atoms with E-state index in [2.05, 4.69) is 10.3 Å². The van der Waals surface area contributed by atoms with Crippen molar-refractivity contribution >= 4 is 39.8 Å². The normalized spacial score (nSPS) is 11.1. The number of hydrogen-bond acceptors (Lipinski definition) is 4. The first-order chi connectivity index (χ1) is 13.0. The molecule has 0 aliphatic carbocycles. The smallest absolute Gasteiger partial charge is 0.215 e. The number of anilines is 3. The van der Waals surface area contributed by atoms with Crippen LogP contribution in [0.1, 0.15) is 0 Å². The van der Waals surface area contributed by atoms with Crippen LogP contribution in [0.3, 0.4) is 0 Å². The Labute approximate surface area is 156 Å². The Morgan fingerprint density at radius 2 is 1.81 bits per heavy atom. The van der Waals surface area contributed by atoms with Gasteiger partial charge in [-0.3, -0.25) is 4.98 Å². The summed E-state index contributed by atoms with van der Waals surface area (Å²) >= 11 is 6.13. The molecule has 2 aromatic heterocycles. The SMILES string of the molecule is Nc1oc2c(-c3c(F)cccc3Cl)nccc2c1Nc1ccc(F)c(F)c1. The minimum absolute atomic E-state index is 0.0172. The highest BCUT2D eigenvalue weighted by atomic mass is 35.5. The van der Waals surface area contributed by atoms with E-state index in [-0.39, 0.29) is 33.4 Å². The van der Waals surface area contributed by atoms with Crippen LogP contribution in [0.4, 0.5) is 30.4 Å². The third-order valence-electron chi connectivity index (χ3n) is 4.02. The summed E-state index contributed by atoms with van der Waals surface area (Å²) in [7, 11) is 0. The van der Waals surface area contributed by atoms with E-state index in [0.29, 0.717) is 11.1 Å². The highest BCUT2D eigenvalue weighted by molar-refractivity contribution is 6.33. The summed E-state index contributed by atoms with van der Waals surface area (Å²) in [5.74, 6) is -2.55. The van der Waals surface area contributed by atoms with Gasteiger partial charge in [0.05, 0.1) is 16.0 Å². The van der Waals surface area contributed by atoms with E-state index in [1.54, 1.807) is 6.07 Å². The van der Waals surface area contributed by atoms with Gasteiger partial charge < -0.3 is 15.5 Å². The summed E-state index contributed by atoms with van der Waals surface area (Å²) in [4.78, 5) is 4.17. The maximum absolute atomic E-state index is 14.3. The number of rotatable bonds is 3. The molecule has 4 aromatic rings. The van der Waals surface area contributed by atoms with Crippen molar-refractivity contribution in [2.45, 2.75) is 0 Å². The van der Waals surface area contributed by atoms with Crippen LogP contribution in [0.2, 0.25) is 5.02 Å². The van der Waals surface area contributed by atoms with Crippen LogP contribution in [-0.2, 0) is 0 Å². The molecule has 0 amide bonds. The van der Waals surface area contributed by atoms with Gasteiger partial charge in [0.2, 0.25) is 5.88 Å². The lowest BCUT2D eigenvalue weighted by Gasteiger charge is -2.07. The second-order valence-corrected chi connectivity index (χ2v) is 6.14. The van der Waals surface area contributed by atoms with Gasteiger partial charge in [0.1, 0.15) is 17.2 Å². The Hall–Kier alpha value is -3.19. The minimum Gasteiger partial charge on any atom is -0.436 e. The van der Waals surface area contributed by atoms with Crippen LogP contribution >= 0.6 is 11.6 Å². The molecule has 0 saturated heterocycles. The van der Waals surface area contributed by atoms with Gasteiger partial charge in [0, 0.05) is 18.0 Å². The summed E-state index contributed by atoms with van der Waals surface area (Å²) < 4.78 is 46.5. The number of pyridine rings is 1. The van der Waals surface area contributed by atoms with Crippen LogP contribution in [0.15, 0.2) is 53.1 Å². The van der Waals surface area contributed by atoms with E-state index in [0.717, 1.165) is 12.1 Å². The molecule has 3 N–H and O–H groups in total. The maximum Gasteiger partial charge on any atom is 0.215 e. The zero-order chi connectivity index (χ0) is 19.1. The number of furan rings is 1. The van der Waals surface area contributed by atoms with Crippen LogP contribution in [0.25, 0.3) is 22.2 Å². The quantitative estimate of drug-likeness (QED) is 0.458. The van der Waals surface area contributed by atoms with Gasteiger partial charge in [-0.15, -0.1) is 0 Å². The van der Waals surface area contributed by atoms with E-state index in [1.165, 1.54) is 30.5 Å². The zero-order valence-corrected chi connectivity index (χ0v) is 14.3. The molecule has 2 aromatic carbocycles. The molecule has 4 nitrogen and oxygen atoms in total. The van der Waals surface area contributed by atoms with Crippen molar-refractivity contribution < 1.29 is 17.6 Å². The van der Waals surface area contributed by atoms with Crippen LogP contribution in [0.5, 0.6) is 0 Å². The average Bonchev–Trinajstić information content (AvgIpc) is 2.94. The van der Waals surface area contributed by atoms with Crippen LogP contribution in [0, 0.1) is 17.5 Å². The zero-order valence-electron chi connectivity index (χ0n) is 13.6. The Bertz CT molecular complexity index is 1160. The van der Waals surface area contributed by atoms with Crippen molar-refractivity contribution in [2.24, 2.45) is 0 Å². The number of nitrogens with zero attached hydrogens (tertiary/aromatic N) is 1. The molecule has 0 radical (unpaired) electrons. The molecule has 0 unspecified atom stereocenters. The topological polar surface area (TPSA) is 64.1 Å². The van der Waals surface area contributed by atoms with Crippen LogP contribution < -0.4 is 11.1 Å². The van der Waals surface area contributed by atoms with Crippen LogP contribution in [-0.4, -0.2) is 4.98 Å². The fourth-order valence-corrected chi connectivity index (χ4v) is 3.04. The van der Waals surface area contributed by atoms with Gasteiger partial charge in [-0.1, -0.05) is 17.7 Å². The molecule has 2 heterocycles. The lowest BCUT2D eigenvalue weighted by Crippen LogP contribution is -1.95. The number of nitrogens with two attached hydrogens (primary N) is 1. The summed E-state index contributed by atoms with van der Waals surface area (Å²) in [6.07, 6.45) is 1.45. The lowest BCUT2D eigenvalue weighted by molar-refractivity contribution is 0.509. The Balaban J connectivity index is 1.87. The number of nitrogens with one attached hydrogen (secondary N) is 1. The number of halogens is 4. The third kappa shape index (κ3) is 2.96. The van der Waals surface area contributed by atoms with Gasteiger partial charge in [-0.05, 0) is 30.3 Å². The van der Waals surface area contributed by atoms with Crippen molar-refractivity contribution in [2.75, 3.05) is 11.1 Å². The number of nitrogen functional groups attached to an aromatic ring is 1. The summed E-state index contributed by atoms with van der Waals surface area (Å²) in [6.45, 7) is 0. The van der Waals surface area contributed by atoms with Gasteiger partial charge in [0.25, 0.3) is 0 Å². The Kier molecular flexibility index (Phi) is 4.16. The number of fused-ring (bicyclic) bond motifs is 1. The van der Waals surface area contributed by atoms with Gasteiger partial charge in [-0.2, -0.15) is 0 Å². The molecule has 0 fully saturated rings. The second-order valence-electron chi connectivity index (χ2n) is 5.73. The molecular weight excluding hydrogens is 379 g/mol. The third-order valence-corrected chi connectivity index (χ3v) is 4.34. The Morgan fingerprint density at radius 3 is 2.56 bits per heavy atom. The molecule has 0 spiro atoms. The lowest BCUT2D eigenvalue weighted by atomic mass is 10.1. The van der Waals surface area contributed by atoms with E-state index in [9.17, 15) is 13.2 Å². The van der Waals surface area contributed by atoms with E-state index in [1.807, 2.05) is 0 Å². The van der Waals surface area contributed by atoms with E-state index in [4.69, 9.17) is 21.8 Å². The molecular formula is C19H11ClF3N3O. The second kappa shape index (κ2) is 6.51. The highest BCUT2D eigenvalue weighted by Crippen LogP contribution is 2.41. The molecule has 0 bridgehead atoms. The number of benzene rings is 2. The number of hydrogen-bond donors (Lipinski definition) is 2. The maximum atomic E-state index is 14.3.